The molecular weight excluding hydrogens is 433 g/mol. The molecule has 0 amide bonds. The molecule has 0 unspecified atom stereocenters. The lowest BCUT2D eigenvalue weighted by Crippen LogP contribution is -2.06. The predicted octanol–water partition coefficient (Wildman–Crippen LogP) is 3.98. The second kappa shape index (κ2) is 6.87. The lowest BCUT2D eigenvalue weighted by molar-refractivity contribution is 0.591. The molecule has 1 aromatic carbocycles. The zero-order chi connectivity index (χ0) is 20.0. The SMILES string of the molecule is O=S(=O)(c1ccc(F)cc1)c1nnn2c1nc(NCc1cccs1)c1sccc12. The van der Waals surface area contributed by atoms with Gasteiger partial charge in [0.1, 0.15) is 11.6 Å². The number of anilines is 1. The molecule has 0 saturated carbocycles. The fourth-order valence-electron chi connectivity index (χ4n) is 2.93. The summed E-state index contributed by atoms with van der Waals surface area (Å²) < 4.78 is 41.6. The summed E-state index contributed by atoms with van der Waals surface area (Å²) in [5.74, 6) is 0.0451. The summed E-state index contributed by atoms with van der Waals surface area (Å²) in [5, 5.41) is 14.8. The van der Waals surface area contributed by atoms with Crippen LogP contribution in [0.4, 0.5) is 10.2 Å². The molecule has 146 valence electrons. The van der Waals surface area contributed by atoms with Gasteiger partial charge in [0.05, 0.1) is 21.7 Å². The summed E-state index contributed by atoms with van der Waals surface area (Å²) in [4.78, 5) is 5.59. The Morgan fingerprint density at radius 1 is 1.07 bits per heavy atom. The Kier molecular flexibility index (Phi) is 4.30. The highest BCUT2D eigenvalue weighted by Crippen LogP contribution is 2.31. The molecular formula is C18H12FN5O2S3. The quantitative estimate of drug-likeness (QED) is 0.412. The maximum Gasteiger partial charge on any atom is 0.229 e. The van der Waals surface area contributed by atoms with E-state index in [0.29, 0.717) is 17.9 Å². The summed E-state index contributed by atoms with van der Waals surface area (Å²) in [5.41, 5.74) is 0.829. The second-order valence-corrected chi connectivity index (χ2v) is 9.93. The first-order valence-corrected chi connectivity index (χ1v) is 11.7. The van der Waals surface area contributed by atoms with E-state index in [0.717, 1.165) is 21.7 Å². The van der Waals surface area contributed by atoms with E-state index in [2.05, 4.69) is 20.6 Å². The van der Waals surface area contributed by atoms with E-state index in [9.17, 15) is 12.8 Å². The van der Waals surface area contributed by atoms with Gasteiger partial charge in [0, 0.05) is 4.88 Å². The molecule has 29 heavy (non-hydrogen) atoms. The maximum absolute atomic E-state index is 13.2. The first-order chi connectivity index (χ1) is 14.0. The topological polar surface area (TPSA) is 89.2 Å². The first kappa shape index (κ1) is 18.2. The molecule has 7 nitrogen and oxygen atoms in total. The van der Waals surface area contributed by atoms with Gasteiger partial charge in [-0.15, -0.1) is 27.8 Å². The molecule has 5 rings (SSSR count). The maximum atomic E-state index is 13.2. The number of sulfone groups is 1. The molecule has 0 bridgehead atoms. The zero-order valence-corrected chi connectivity index (χ0v) is 17.1. The van der Waals surface area contributed by atoms with Gasteiger partial charge < -0.3 is 5.32 Å². The Bertz CT molecular complexity index is 1420. The van der Waals surface area contributed by atoms with E-state index in [1.807, 2.05) is 29.0 Å². The van der Waals surface area contributed by atoms with Crippen molar-refractivity contribution >= 4 is 54.2 Å². The minimum atomic E-state index is -4.01. The van der Waals surface area contributed by atoms with Crippen molar-refractivity contribution < 1.29 is 12.8 Å². The van der Waals surface area contributed by atoms with Crippen LogP contribution in [0.3, 0.4) is 0 Å². The van der Waals surface area contributed by atoms with E-state index in [1.54, 1.807) is 11.3 Å². The molecule has 4 heterocycles. The van der Waals surface area contributed by atoms with Gasteiger partial charge in [-0.25, -0.2) is 17.8 Å². The van der Waals surface area contributed by atoms with E-state index in [-0.39, 0.29) is 15.6 Å². The Morgan fingerprint density at radius 3 is 2.66 bits per heavy atom. The highest BCUT2D eigenvalue weighted by molar-refractivity contribution is 7.91. The van der Waals surface area contributed by atoms with Gasteiger partial charge in [-0.3, -0.25) is 0 Å². The molecule has 11 heteroatoms. The summed E-state index contributed by atoms with van der Waals surface area (Å²) >= 11 is 3.10. The molecule has 5 aromatic rings. The minimum absolute atomic E-state index is 0.0680. The summed E-state index contributed by atoms with van der Waals surface area (Å²) in [6.45, 7) is 0.565. The van der Waals surface area contributed by atoms with Crippen molar-refractivity contribution in [2.24, 2.45) is 0 Å². The van der Waals surface area contributed by atoms with Gasteiger partial charge in [-0.2, -0.15) is 4.52 Å². The monoisotopic (exact) mass is 445 g/mol. The average molecular weight is 446 g/mol. The Balaban J connectivity index is 1.66. The summed E-state index contributed by atoms with van der Waals surface area (Å²) in [6, 6.07) is 10.4. The Labute approximate surface area is 172 Å². The first-order valence-electron chi connectivity index (χ1n) is 8.43. The van der Waals surface area contributed by atoms with Gasteiger partial charge in [0.2, 0.25) is 14.9 Å². The molecule has 0 aliphatic rings. The van der Waals surface area contributed by atoms with E-state index in [1.165, 1.54) is 28.0 Å². The van der Waals surface area contributed by atoms with Crippen molar-refractivity contribution in [3.8, 4) is 0 Å². The van der Waals surface area contributed by atoms with Crippen LogP contribution in [-0.4, -0.2) is 28.2 Å². The lowest BCUT2D eigenvalue weighted by atomic mass is 10.4. The number of nitrogens with zero attached hydrogens (tertiary/aromatic N) is 4. The number of rotatable bonds is 5. The summed E-state index contributed by atoms with van der Waals surface area (Å²) in [7, 11) is -4.01. The number of benzene rings is 1. The van der Waals surface area contributed by atoms with Crippen molar-refractivity contribution in [3.05, 3.63) is 63.9 Å². The van der Waals surface area contributed by atoms with Crippen LogP contribution in [0.2, 0.25) is 0 Å². The van der Waals surface area contributed by atoms with Gasteiger partial charge in [0.15, 0.2) is 5.65 Å². The lowest BCUT2D eigenvalue weighted by Gasteiger charge is -2.07. The average Bonchev–Trinajstić information content (AvgIpc) is 3.45. The van der Waals surface area contributed by atoms with Crippen molar-refractivity contribution in [2.45, 2.75) is 16.5 Å². The van der Waals surface area contributed by atoms with E-state index >= 15 is 0 Å². The third-order valence-corrected chi connectivity index (χ3v) is 7.76. The van der Waals surface area contributed by atoms with Crippen LogP contribution < -0.4 is 5.32 Å². The summed E-state index contributed by atoms with van der Waals surface area (Å²) in [6.07, 6.45) is 0. The van der Waals surface area contributed by atoms with Crippen molar-refractivity contribution in [2.75, 3.05) is 5.32 Å². The zero-order valence-electron chi connectivity index (χ0n) is 14.6. The number of halogens is 1. The highest BCUT2D eigenvalue weighted by Gasteiger charge is 2.27. The van der Waals surface area contributed by atoms with Crippen LogP contribution in [0.15, 0.2) is 63.1 Å². The third-order valence-electron chi connectivity index (χ3n) is 4.31. The smallest absolute Gasteiger partial charge is 0.229 e. The van der Waals surface area contributed by atoms with Gasteiger partial charge >= 0.3 is 0 Å². The predicted molar refractivity (Wildman–Crippen MR) is 110 cm³/mol. The number of hydrogen-bond acceptors (Lipinski definition) is 8. The minimum Gasteiger partial charge on any atom is -0.364 e. The van der Waals surface area contributed by atoms with Crippen LogP contribution in [0.25, 0.3) is 15.9 Å². The number of aromatic nitrogens is 4. The molecule has 1 N–H and O–H groups in total. The van der Waals surface area contributed by atoms with Crippen molar-refractivity contribution in [3.63, 3.8) is 0 Å². The van der Waals surface area contributed by atoms with Crippen LogP contribution in [0.1, 0.15) is 4.88 Å². The van der Waals surface area contributed by atoms with E-state index < -0.39 is 15.7 Å². The number of thiophene rings is 2. The molecule has 0 aliphatic heterocycles. The normalized spacial score (nSPS) is 12.0. The molecule has 0 spiro atoms. The van der Waals surface area contributed by atoms with Crippen LogP contribution in [0, 0.1) is 5.82 Å². The molecule has 4 aromatic heterocycles. The Morgan fingerprint density at radius 2 is 1.90 bits per heavy atom. The number of hydrogen-bond donors (Lipinski definition) is 1. The van der Waals surface area contributed by atoms with Gasteiger partial charge in [-0.05, 0) is 47.2 Å². The highest BCUT2D eigenvalue weighted by atomic mass is 32.2. The van der Waals surface area contributed by atoms with Crippen molar-refractivity contribution in [1.82, 2.24) is 19.8 Å². The third kappa shape index (κ3) is 3.07. The molecule has 0 aliphatic carbocycles. The van der Waals surface area contributed by atoms with Crippen LogP contribution in [0.5, 0.6) is 0 Å². The van der Waals surface area contributed by atoms with E-state index in [4.69, 9.17) is 0 Å². The largest absolute Gasteiger partial charge is 0.364 e. The molecule has 0 saturated heterocycles. The number of nitrogens with one attached hydrogen (secondary N) is 1. The Hall–Kier alpha value is -2.89. The van der Waals surface area contributed by atoms with Gasteiger partial charge in [-0.1, -0.05) is 11.3 Å². The van der Waals surface area contributed by atoms with Crippen molar-refractivity contribution in [1.29, 1.82) is 0 Å². The van der Waals surface area contributed by atoms with Crippen LogP contribution >= 0.6 is 22.7 Å². The fourth-order valence-corrected chi connectivity index (χ4v) is 5.64. The number of fused-ring (bicyclic) bond motifs is 3. The fraction of sp³-hybridized carbons (Fsp3) is 0.0556. The van der Waals surface area contributed by atoms with Gasteiger partial charge in [0.25, 0.3) is 0 Å². The molecule has 0 atom stereocenters. The standard InChI is InChI=1S/C18H12FN5O2S3/c19-11-3-5-13(6-4-11)29(25,26)18-17-21-16(20-10-12-2-1-8-27-12)15-14(7-9-28-15)24(17)23-22-18/h1-9H,10H2,(H,20,21). The van der Waals surface area contributed by atoms with Crippen LogP contribution in [-0.2, 0) is 16.4 Å². The second-order valence-electron chi connectivity index (χ2n) is 6.12. The molecule has 0 radical (unpaired) electrons. The molecule has 0 fully saturated rings.